The zero-order chi connectivity index (χ0) is 16.5. The van der Waals surface area contributed by atoms with Crippen LogP contribution in [0.3, 0.4) is 0 Å². The minimum atomic E-state index is -1.57. The summed E-state index contributed by atoms with van der Waals surface area (Å²) in [5.41, 5.74) is 9.63. The Hall–Kier alpha value is -2.06. The molecule has 0 aromatic carbocycles. The maximum atomic E-state index is 13.9. The van der Waals surface area contributed by atoms with Gasteiger partial charge in [-0.25, -0.2) is 17.6 Å². The second-order valence-corrected chi connectivity index (χ2v) is 5.08. The standard InChI is InChI=1S/C14H14F4N4/c1-14(20,13-11(18)3-8(16)6-22-13)9(4-19)12-10(17)2-7(15)5-21-12/h2-3,5-6,9H,4,19-20H2,1H3. The monoisotopic (exact) mass is 314 g/mol. The van der Waals surface area contributed by atoms with E-state index in [1.54, 1.807) is 0 Å². The van der Waals surface area contributed by atoms with Gasteiger partial charge in [0.1, 0.15) is 23.3 Å². The van der Waals surface area contributed by atoms with Gasteiger partial charge in [-0.1, -0.05) is 0 Å². The molecule has 0 aliphatic rings. The molecule has 118 valence electrons. The van der Waals surface area contributed by atoms with Crippen LogP contribution >= 0.6 is 0 Å². The van der Waals surface area contributed by atoms with Crippen molar-refractivity contribution >= 4 is 0 Å². The fourth-order valence-electron chi connectivity index (χ4n) is 2.30. The molecular formula is C14H14F4N4. The van der Waals surface area contributed by atoms with Crippen LogP contribution in [0.25, 0.3) is 0 Å². The number of halogens is 4. The normalized spacial score (nSPS) is 15.4. The number of hydrogen-bond acceptors (Lipinski definition) is 4. The molecule has 0 saturated heterocycles. The highest BCUT2D eigenvalue weighted by Gasteiger charge is 2.38. The van der Waals surface area contributed by atoms with Crippen LogP contribution in [0.1, 0.15) is 24.2 Å². The SMILES string of the molecule is CC(N)(c1ncc(F)cc1F)C(CN)c1ncc(F)cc1F. The summed E-state index contributed by atoms with van der Waals surface area (Å²) in [4.78, 5) is 7.29. The molecule has 0 aliphatic heterocycles. The van der Waals surface area contributed by atoms with Gasteiger partial charge in [-0.2, -0.15) is 0 Å². The Morgan fingerprint density at radius 3 is 2.09 bits per heavy atom. The smallest absolute Gasteiger partial charge is 0.149 e. The molecule has 2 atom stereocenters. The summed E-state index contributed by atoms with van der Waals surface area (Å²) >= 11 is 0. The third kappa shape index (κ3) is 2.93. The number of pyridine rings is 2. The second-order valence-electron chi connectivity index (χ2n) is 5.08. The Morgan fingerprint density at radius 1 is 1.05 bits per heavy atom. The van der Waals surface area contributed by atoms with Gasteiger partial charge >= 0.3 is 0 Å². The van der Waals surface area contributed by atoms with E-state index in [0.717, 1.165) is 12.4 Å². The van der Waals surface area contributed by atoms with E-state index in [1.165, 1.54) is 6.92 Å². The molecule has 8 heteroatoms. The van der Waals surface area contributed by atoms with Gasteiger partial charge in [0.25, 0.3) is 0 Å². The molecule has 4 N–H and O–H groups in total. The molecule has 0 aliphatic carbocycles. The van der Waals surface area contributed by atoms with Gasteiger partial charge in [0.05, 0.1) is 29.3 Å². The Bertz CT molecular complexity index is 691. The number of aromatic nitrogens is 2. The van der Waals surface area contributed by atoms with Crippen LogP contribution in [0.5, 0.6) is 0 Å². The van der Waals surface area contributed by atoms with Crippen LogP contribution in [-0.4, -0.2) is 16.5 Å². The molecule has 0 spiro atoms. The Labute approximate surface area is 124 Å². The Morgan fingerprint density at radius 2 is 1.59 bits per heavy atom. The Balaban J connectivity index is 2.52. The minimum absolute atomic E-state index is 0.193. The summed E-state index contributed by atoms with van der Waals surface area (Å²) < 4.78 is 53.8. The fourth-order valence-corrected chi connectivity index (χ4v) is 2.30. The zero-order valence-electron chi connectivity index (χ0n) is 11.7. The molecule has 0 amide bonds. The summed E-state index contributed by atoms with van der Waals surface area (Å²) in [6.07, 6.45) is 1.61. The molecule has 0 saturated carbocycles. The molecule has 2 aromatic heterocycles. The van der Waals surface area contributed by atoms with E-state index in [0.29, 0.717) is 12.1 Å². The van der Waals surface area contributed by atoms with Crippen molar-refractivity contribution in [2.75, 3.05) is 6.54 Å². The molecule has 22 heavy (non-hydrogen) atoms. The molecule has 2 heterocycles. The molecule has 0 bridgehead atoms. The predicted octanol–water partition coefficient (Wildman–Crippen LogP) is 1.95. The number of hydrogen-bond donors (Lipinski definition) is 2. The second kappa shape index (κ2) is 5.98. The van der Waals surface area contributed by atoms with Gasteiger partial charge in [0.2, 0.25) is 0 Å². The van der Waals surface area contributed by atoms with E-state index in [2.05, 4.69) is 9.97 Å². The summed E-state index contributed by atoms with van der Waals surface area (Å²) in [7, 11) is 0. The van der Waals surface area contributed by atoms with Gasteiger partial charge in [0, 0.05) is 24.6 Å². The van der Waals surface area contributed by atoms with E-state index >= 15 is 0 Å². The van der Waals surface area contributed by atoms with Crippen LogP contribution in [-0.2, 0) is 5.54 Å². The molecule has 2 aromatic rings. The predicted molar refractivity (Wildman–Crippen MR) is 71.6 cm³/mol. The lowest BCUT2D eigenvalue weighted by Crippen LogP contribution is -2.45. The van der Waals surface area contributed by atoms with Crippen molar-refractivity contribution < 1.29 is 17.6 Å². The Kier molecular flexibility index (Phi) is 4.43. The first-order valence-corrected chi connectivity index (χ1v) is 6.38. The van der Waals surface area contributed by atoms with E-state index in [9.17, 15) is 17.6 Å². The summed E-state index contributed by atoms with van der Waals surface area (Å²) in [6, 6.07) is 1.25. The number of nitrogens with two attached hydrogens (primary N) is 2. The first-order chi connectivity index (χ1) is 10.3. The van der Waals surface area contributed by atoms with Gasteiger partial charge in [0.15, 0.2) is 0 Å². The average Bonchev–Trinajstić information content (AvgIpc) is 2.41. The minimum Gasteiger partial charge on any atom is -0.330 e. The fraction of sp³-hybridized carbons (Fsp3) is 0.286. The molecule has 0 fully saturated rings. The first kappa shape index (κ1) is 16.3. The van der Waals surface area contributed by atoms with Crippen LogP contribution < -0.4 is 11.5 Å². The molecule has 2 rings (SSSR count). The highest BCUT2D eigenvalue weighted by molar-refractivity contribution is 5.27. The van der Waals surface area contributed by atoms with Crippen LogP contribution in [0.4, 0.5) is 17.6 Å². The topological polar surface area (TPSA) is 77.8 Å². The van der Waals surface area contributed by atoms with E-state index in [1.807, 2.05) is 0 Å². The van der Waals surface area contributed by atoms with Crippen molar-refractivity contribution in [3.05, 3.63) is 59.2 Å². The van der Waals surface area contributed by atoms with Gasteiger partial charge < -0.3 is 11.5 Å². The quantitative estimate of drug-likeness (QED) is 0.846. The summed E-state index contributed by atoms with van der Waals surface area (Å²) in [5.74, 6) is -4.64. The largest absolute Gasteiger partial charge is 0.330 e. The van der Waals surface area contributed by atoms with Crippen molar-refractivity contribution in [3.8, 4) is 0 Å². The van der Waals surface area contributed by atoms with Gasteiger partial charge in [-0.3, -0.25) is 9.97 Å². The van der Waals surface area contributed by atoms with Crippen molar-refractivity contribution in [2.45, 2.75) is 18.4 Å². The lowest BCUT2D eigenvalue weighted by atomic mass is 9.80. The van der Waals surface area contributed by atoms with Crippen LogP contribution in [0, 0.1) is 23.3 Å². The number of rotatable bonds is 4. The third-order valence-corrected chi connectivity index (χ3v) is 3.44. The van der Waals surface area contributed by atoms with E-state index in [4.69, 9.17) is 11.5 Å². The summed E-state index contributed by atoms with van der Waals surface area (Å²) in [5, 5.41) is 0. The van der Waals surface area contributed by atoms with E-state index in [-0.39, 0.29) is 17.9 Å². The lowest BCUT2D eigenvalue weighted by Gasteiger charge is -2.32. The average molecular weight is 314 g/mol. The highest BCUT2D eigenvalue weighted by atomic mass is 19.1. The summed E-state index contributed by atoms with van der Waals surface area (Å²) in [6.45, 7) is 1.18. The molecule has 0 radical (unpaired) electrons. The van der Waals surface area contributed by atoms with Crippen LogP contribution in [0.2, 0.25) is 0 Å². The van der Waals surface area contributed by atoms with Crippen molar-refractivity contribution in [1.82, 2.24) is 9.97 Å². The highest BCUT2D eigenvalue weighted by Crippen LogP contribution is 2.34. The molecule has 2 unspecified atom stereocenters. The maximum Gasteiger partial charge on any atom is 0.149 e. The maximum absolute atomic E-state index is 13.9. The van der Waals surface area contributed by atoms with Crippen molar-refractivity contribution in [2.24, 2.45) is 11.5 Å². The van der Waals surface area contributed by atoms with Crippen molar-refractivity contribution in [1.29, 1.82) is 0 Å². The zero-order valence-corrected chi connectivity index (χ0v) is 11.7. The van der Waals surface area contributed by atoms with E-state index < -0.39 is 34.7 Å². The van der Waals surface area contributed by atoms with Gasteiger partial charge in [-0.05, 0) is 6.92 Å². The third-order valence-electron chi connectivity index (χ3n) is 3.44. The van der Waals surface area contributed by atoms with Gasteiger partial charge in [-0.15, -0.1) is 0 Å². The number of nitrogens with zero attached hydrogens (tertiary/aromatic N) is 2. The molecule has 4 nitrogen and oxygen atoms in total. The first-order valence-electron chi connectivity index (χ1n) is 6.38. The lowest BCUT2D eigenvalue weighted by molar-refractivity contribution is 0.346. The van der Waals surface area contributed by atoms with Crippen LogP contribution in [0.15, 0.2) is 24.5 Å². The van der Waals surface area contributed by atoms with Crippen molar-refractivity contribution in [3.63, 3.8) is 0 Å². The molecular weight excluding hydrogens is 300 g/mol.